The van der Waals surface area contributed by atoms with Gasteiger partial charge in [0.05, 0.1) is 0 Å². The van der Waals surface area contributed by atoms with Crippen LogP contribution in [0.15, 0.2) is 47.8 Å². The van der Waals surface area contributed by atoms with Crippen molar-refractivity contribution in [1.82, 2.24) is 5.32 Å². The van der Waals surface area contributed by atoms with E-state index in [0.29, 0.717) is 18.0 Å². The highest BCUT2D eigenvalue weighted by Crippen LogP contribution is 2.26. The summed E-state index contributed by atoms with van der Waals surface area (Å²) in [5.74, 6) is 0.274. The van der Waals surface area contributed by atoms with Crippen LogP contribution in [0.5, 0.6) is 0 Å². The van der Waals surface area contributed by atoms with Crippen LogP contribution in [0, 0.1) is 0 Å². The molecule has 0 aliphatic heterocycles. The number of hydrogen-bond donors (Lipinski definition) is 2. The van der Waals surface area contributed by atoms with Crippen molar-refractivity contribution in [1.29, 1.82) is 0 Å². The minimum absolute atomic E-state index is 0.0421. The maximum absolute atomic E-state index is 11.9. The van der Waals surface area contributed by atoms with Gasteiger partial charge in [-0.05, 0) is 42.3 Å². The Morgan fingerprint density at radius 1 is 1.15 bits per heavy atom. The third-order valence-corrected chi connectivity index (χ3v) is 4.27. The lowest BCUT2D eigenvalue weighted by Gasteiger charge is -2.14. The van der Waals surface area contributed by atoms with Crippen LogP contribution in [0.25, 0.3) is 0 Å². The van der Waals surface area contributed by atoms with Crippen LogP contribution in [0.2, 0.25) is 0 Å². The molecule has 0 saturated carbocycles. The first-order valence-electron chi connectivity index (χ1n) is 6.78. The van der Waals surface area contributed by atoms with Crippen LogP contribution in [0.4, 0.5) is 0 Å². The van der Waals surface area contributed by atoms with Gasteiger partial charge in [0, 0.05) is 23.6 Å². The van der Waals surface area contributed by atoms with Gasteiger partial charge in [-0.2, -0.15) is 0 Å². The van der Waals surface area contributed by atoms with Crippen molar-refractivity contribution in [2.75, 3.05) is 13.2 Å². The highest BCUT2D eigenvalue weighted by atomic mass is 32.1. The molecule has 1 amide bonds. The van der Waals surface area contributed by atoms with Crippen molar-refractivity contribution in [2.45, 2.75) is 18.8 Å². The van der Waals surface area contributed by atoms with Gasteiger partial charge in [0.1, 0.15) is 0 Å². The van der Waals surface area contributed by atoms with Gasteiger partial charge < -0.3 is 10.4 Å². The second-order valence-corrected chi connectivity index (χ2v) is 5.61. The van der Waals surface area contributed by atoms with Crippen molar-refractivity contribution in [3.63, 3.8) is 0 Å². The van der Waals surface area contributed by atoms with E-state index in [0.717, 1.165) is 12.8 Å². The molecule has 0 spiro atoms. The van der Waals surface area contributed by atoms with Gasteiger partial charge in [0.25, 0.3) is 5.91 Å². The largest absolute Gasteiger partial charge is 0.396 e. The highest BCUT2D eigenvalue weighted by molar-refractivity contribution is 7.10. The summed E-state index contributed by atoms with van der Waals surface area (Å²) in [5.41, 5.74) is 0.683. The summed E-state index contributed by atoms with van der Waals surface area (Å²) in [7, 11) is 0. The monoisotopic (exact) mass is 289 g/mol. The van der Waals surface area contributed by atoms with Gasteiger partial charge in [0.15, 0.2) is 0 Å². The molecule has 0 saturated heterocycles. The zero-order valence-electron chi connectivity index (χ0n) is 11.3. The Hall–Kier alpha value is -1.65. The van der Waals surface area contributed by atoms with Crippen molar-refractivity contribution < 1.29 is 9.90 Å². The van der Waals surface area contributed by atoms with E-state index in [9.17, 15) is 4.79 Å². The Morgan fingerprint density at radius 3 is 2.60 bits per heavy atom. The van der Waals surface area contributed by atoms with Crippen molar-refractivity contribution in [2.24, 2.45) is 0 Å². The van der Waals surface area contributed by atoms with E-state index in [4.69, 9.17) is 5.11 Å². The van der Waals surface area contributed by atoms with E-state index in [2.05, 4.69) is 11.4 Å². The molecule has 1 atom stereocenters. The third kappa shape index (κ3) is 4.18. The maximum atomic E-state index is 11.9. The van der Waals surface area contributed by atoms with Crippen LogP contribution in [0.1, 0.15) is 34.0 Å². The minimum Gasteiger partial charge on any atom is -0.396 e. The fraction of sp³-hybridized carbons (Fsp3) is 0.312. The molecule has 1 unspecified atom stereocenters. The number of hydrogen-bond acceptors (Lipinski definition) is 3. The number of aliphatic hydroxyl groups excluding tert-OH is 1. The second-order valence-electron chi connectivity index (χ2n) is 4.64. The molecule has 20 heavy (non-hydrogen) atoms. The van der Waals surface area contributed by atoms with E-state index < -0.39 is 0 Å². The Kier molecular flexibility index (Phi) is 5.77. The number of rotatable bonds is 7. The topological polar surface area (TPSA) is 49.3 Å². The normalized spacial score (nSPS) is 12.1. The molecule has 106 valence electrons. The molecule has 2 aromatic rings. The van der Waals surface area contributed by atoms with Crippen molar-refractivity contribution >= 4 is 17.2 Å². The molecule has 0 aliphatic rings. The summed E-state index contributed by atoms with van der Waals surface area (Å²) < 4.78 is 0. The van der Waals surface area contributed by atoms with Crippen LogP contribution in [-0.4, -0.2) is 24.2 Å². The van der Waals surface area contributed by atoms with Gasteiger partial charge in [-0.25, -0.2) is 0 Å². The second kappa shape index (κ2) is 7.82. The summed E-state index contributed by atoms with van der Waals surface area (Å²) in [6.07, 6.45) is 1.58. The summed E-state index contributed by atoms with van der Waals surface area (Å²) in [6.45, 7) is 0.797. The van der Waals surface area contributed by atoms with Crippen LogP contribution in [0.3, 0.4) is 0 Å². The average molecular weight is 289 g/mol. The lowest BCUT2D eigenvalue weighted by Crippen LogP contribution is -2.25. The molecule has 0 bridgehead atoms. The lowest BCUT2D eigenvalue weighted by molar-refractivity contribution is 0.0952. The Labute approximate surface area is 123 Å². The van der Waals surface area contributed by atoms with Crippen molar-refractivity contribution in [3.05, 3.63) is 58.3 Å². The molecule has 2 rings (SSSR count). The molecule has 2 N–H and O–H groups in total. The van der Waals surface area contributed by atoms with E-state index in [1.165, 1.54) is 4.88 Å². The average Bonchev–Trinajstić information content (AvgIpc) is 3.01. The van der Waals surface area contributed by atoms with E-state index in [1.54, 1.807) is 23.5 Å². The number of thiophene rings is 1. The maximum Gasteiger partial charge on any atom is 0.251 e. The van der Waals surface area contributed by atoms with Crippen LogP contribution < -0.4 is 5.32 Å². The number of amides is 1. The molecule has 4 heteroatoms. The number of carbonyl (C=O) groups excluding carboxylic acids is 1. The molecule has 0 fully saturated rings. The quantitative estimate of drug-likeness (QED) is 0.823. The van der Waals surface area contributed by atoms with Gasteiger partial charge >= 0.3 is 0 Å². The zero-order valence-corrected chi connectivity index (χ0v) is 12.1. The predicted molar refractivity (Wildman–Crippen MR) is 82.2 cm³/mol. The standard InChI is InChI=1S/C16H19NO2S/c18-11-9-13(15-7-4-12-20-15)8-10-17-16(19)14-5-2-1-3-6-14/h1-7,12-13,18H,8-11H2,(H,17,19). The Balaban J connectivity index is 1.83. The fourth-order valence-electron chi connectivity index (χ4n) is 2.16. The van der Waals surface area contributed by atoms with Crippen molar-refractivity contribution in [3.8, 4) is 0 Å². The third-order valence-electron chi connectivity index (χ3n) is 3.24. The number of carbonyl (C=O) groups is 1. The Morgan fingerprint density at radius 2 is 1.95 bits per heavy atom. The van der Waals surface area contributed by atoms with Gasteiger partial charge in [-0.15, -0.1) is 11.3 Å². The molecular weight excluding hydrogens is 270 g/mol. The van der Waals surface area contributed by atoms with Gasteiger partial charge in [-0.1, -0.05) is 24.3 Å². The van der Waals surface area contributed by atoms with E-state index >= 15 is 0 Å². The number of aliphatic hydroxyl groups is 1. The SMILES string of the molecule is O=C(NCCC(CCO)c1cccs1)c1ccccc1. The lowest BCUT2D eigenvalue weighted by atomic mass is 10.00. The fourth-order valence-corrected chi connectivity index (χ4v) is 3.06. The molecular formula is C16H19NO2S. The molecule has 0 radical (unpaired) electrons. The summed E-state index contributed by atoms with van der Waals surface area (Å²) in [4.78, 5) is 13.2. The van der Waals surface area contributed by atoms with Crippen LogP contribution in [-0.2, 0) is 0 Å². The predicted octanol–water partition coefficient (Wildman–Crippen LogP) is 3.03. The van der Waals surface area contributed by atoms with E-state index in [1.807, 2.05) is 29.6 Å². The number of benzene rings is 1. The zero-order chi connectivity index (χ0) is 14.2. The van der Waals surface area contributed by atoms with Gasteiger partial charge in [0.2, 0.25) is 0 Å². The summed E-state index contributed by atoms with van der Waals surface area (Å²) in [5, 5.41) is 14.1. The van der Waals surface area contributed by atoms with Gasteiger partial charge in [-0.3, -0.25) is 4.79 Å². The van der Waals surface area contributed by atoms with E-state index in [-0.39, 0.29) is 12.5 Å². The highest BCUT2D eigenvalue weighted by Gasteiger charge is 2.12. The summed E-state index contributed by atoms with van der Waals surface area (Å²) in [6, 6.07) is 13.3. The molecule has 0 aliphatic carbocycles. The smallest absolute Gasteiger partial charge is 0.251 e. The molecule has 1 aromatic heterocycles. The number of nitrogens with one attached hydrogen (secondary N) is 1. The van der Waals surface area contributed by atoms with Crippen LogP contribution >= 0.6 is 11.3 Å². The first kappa shape index (κ1) is 14.8. The molecule has 1 aromatic carbocycles. The Bertz CT molecular complexity index is 511. The summed E-state index contributed by atoms with van der Waals surface area (Å²) >= 11 is 1.70. The molecule has 3 nitrogen and oxygen atoms in total. The minimum atomic E-state index is -0.0421. The first-order chi connectivity index (χ1) is 9.81. The first-order valence-corrected chi connectivity index (χ1v) is 7.66. The molecule has 1 heterocycles.